The number of likely N-dealkylation sites (tertiary alicyclic amines) is 1. The van der Waals surface area contributed by atoms with Gasteiger partial charge < -0.3 is 24.8 Å². The van der Waals surface area contributed by atoms with E-state index in [1.54, 1.807) is 9.80 Å². The average Bonchev–Trinajstić information content (AvgIpc) is 3.15. The molecule has 2 heterocycles. The molecule has 0 unspecified atom stereocenters. The van der Waals surface area contributed by atoms with Crippen LogP contribution in [-0.2, 0) is 25.7 Å². The third-order valence-corrected chi connectivity index (χ3v) is 6.77. The molecule has 0 bridgehead atoms. The van der Waals surface area contributed by atoms with Crippen LogP contribution in [0.1, 0.15) is 31.7 Å². The highest BCUT2D eigenvalue weighted by atomic mass is 16.5. The Morgan fingerprint density at radius 3 is 2.31 bits per heavy atom. The van der Waals surface area contributed by atoms with Crippen LogP contribution in [0.25, 0.3) is 0 Å². The molecule has 0 aromatic heterocycles. The molecule has 2 aliphatic heterocycles. The van der Waals surface area contributed by atoms with E-state index < -0.39 is 5.54 Å². The summed E-state index contributed by atoms with van der Waals surface area (Å²) in [6, 6.07) is 19.6. The fourth-order valence-corrected chi connectivity index (χ4v) is 4.86. The van der Waals surface area contributed by atoms with E-state index in [1.165, 1.54) is 0 Å². The molecule has 2 aliphatic rings. The minimum atomic E-state index is -0.756. The summed E-state index contributed by atoms with van der Waals surface area (Å²) in [4.78, 5) is 44.3. The summed E-state index contributed by atoms with van der Waals surface area (Å²) < 4.78 is 5.64. The van der Waals surface area contributed by atoms with E-state index in [4.69, 9.17) is 4.74 Å². The highest BCUT2D eigenvalue weighted by Crippen LogP contribution is 2.39. The lowest BCUT2D eigenvalue weighted by molar-refractivity contribution is -0.142. The summed E-state index contributed by atoms with van der Waals surface area (Å²) in [5, 5.41) is 2.86. The van der Waals surface area contributed by atoms with Crippen LogP contribution < -0.4 is 10.2 Å². The van der Waals surface area contributed by atoms with E-state index in [2.05, 4.69) is 10.2 Å². The maximum atomic E-state index is 13.7. The molecule has 0 aliphatic carbocycles. The lowest BCUT2D eigenvalue weighted by atomic mass is 9.85. The number of ether oxygens (including phenoxy) is 1. The number of benzene rings is 2. The van der Waals surface area contributed by atoms with Gasteiger partial charge in [-0.15, -0.1) is 0 Å². The maximum Gasteiger partial charge on any atom is 0.250 e. The van der Waals surface area contributed by atoms with Crippen molar-refractivity contribution in [1.82, 2.24) is 15.1 Å². The first kappa shape index (κ1) is 24.7. The van der Waals surface area contributed by atoms with Crippen LogP contribution in [-0.4, -0.2) is 72.5 Å². The molecule has 2 saturated heterocycles. The van der Waals surface area contributed by atoms with E-state index >= 15 is 0 Å². The quantitative estimate of drug-likeness (QED) is 0.599. The number of amides is 3. The van der Waals surface area contributed by atoms with Gasteiger partial charge in [0, 0.05) is 25.3 Å². The number of hydrogen-bond donors (Lipinski definition) is 1. The molecule has 35 heavy (non-hydrogen) atoms. The largest absolute Gasteiger partial charge is 0.367 e. The van der Waals surface area contributed by atoms with E-state index in [0.717, 1.165) is 17.7 Å². The molecule has 0 radical (unpaired) electrons. The molecule has 1 N–H and O–H groups in total. The van der Waals surface area contributed by atoms with E-state index in [-0.39, 0.29) is 30.9 Å². The van der Waals surface area contributed by atoms with Crippen molar-refractivity contribution in [2.75, 3.05) is 44.4 Å². The first-order valence-corrected chi connectivity index (χ1v) is 12.3. The van der Waals surface area contributed by atoms with E-state index in [9.17, 15) is 14.4 Å². The summed E-state index contributed by atoms with van der Waals surface area (Å²) in [6.07, 6.45) is 1.87. The van der Waals surface area contributed by atoms with Gasteiger partial charge in [0.2, 0.25) is 11.8 Å². The van der Waals surface area contributed by atoms with Crippen LogP contribution in [0, 0.1) is 0 Å². The molecule has 0 saturated carbocycles. The van der Waals surface area contributed by atoms with Gasteiger partial charge in [0.25, 0.3) is 5.91 Å². The molecule has 2 aromatic carbocycles. The van der Waals surface area contributed by atoms with Gasteiger partial charge in [-0.1, -0.05) is 55.5 Å². The van der Waals surface area contributed by atoms with E-state index in [0.29, 0.717) is 45.8 Å². The molecule has 0 atom stereocenters. The van der Waals surface area contributed by atoms with Crippen molar-refractivity contribution in [2.45, 2.75) is 38.3 Å². The second kappa shape index (κ2) is 11.4. The standard InChI is InChI=1S/C27H34N4O4/c1-2-15-28-24(32)18-30-21-31(23-11-7-4-8-12-23)27(26(30)34)13-16-29(17-14-27)25(33)20-35-19-22-9-5-3-6-10-22/h3-12H,2,13-21H2,1H3,(H,28,32). The number of para-hydroxylation sites is 1. The fraction of sp³-hybridized carbons (Fsp3) is 0.444. The van der Waals surface area contributed by atoms with Crippen molar-refractivity contribution in [3.8, 4) is 0 Å². The zero-order valence-electron chi connectivity index (χ0n) is 20.3. The monoisotopic (exact) mass is 478 g/mol. The van der Waals surface area contributed by atoms with Crippen molar-refractivity contribution in [2.24, 2.45) is 0 Å². The topological polar surface area (TPSA) is 82.2 Å². The van der Waals surface area contributed by atoms with Crippen molar-refractivity contribution in [3.05, 3.63) is 66.2 Å². The molecule has 4 rings (SSSR count). The van der Waals surface area contributed by atoms with Crippen LogP contribution in [0.15, 0.2) is 60.7 Å². The van der Waals surface area contributed by atoms with Gasteiger partial charge in [-0.2, -0.15) is 0 Å². The average molecular weight is 479 g/mol. The number of nitrogens with zero attached hydrogens (tertiary/aromatic N) is 3. The third-order valence-electron chi connectivity index (χ3n) is 6.77. The molecular weight excluding hydrogens is 444 g/mol. The normalized spacial score (nSPS) is 17.2. The molecule has 186 valence electrons. The highest BCUT2D eigenvalue weighted by Gasteiger charge is 2.54. The van der Waals surface area contributed by atoms with Crippen molar-refractivity contribution >= 4 is 23.4 Å². The van der Waals surface area contributed by atoms with Crippen LogP contribution in [0.5, 0.6) is 0 Å². The lowest BCUT2D eigenvalue weighted by Gasteiger charge is -2.43. The van der Waals surface area contributed by atoms with Gasteiger partial charge >= 0.3 is 0 Å². The number of hydrogen-bond acceptors (Lipinski definition) is 5. The summed E-state index contributed by atoms with van der Waals surface area (Å²) in [6.45, 7) is 4.34. The maximum absolute atomic E-state index is 13.7. The molecule has 2 aromatic rings. The number of anilines is 1. The smallest absolute Gasteiger partial charge is 0.250 e. The lowest BCUT2D eigenvalue weighted by Crippen LogP contribution is -2.57. The second-order valence-electron chi connectivity index (χ2n) is 9.15. The van der Waals surface area contributed by atoms with Crippen LogP contribution >= 0.6 is 0 Å². The Kier molecular flexibility index (Phi) is 8.02. The van der Waals surface area contributed by atoms with Crippen molar-refractivity contribution < 1.29 is 19.1 Å². The van der Waals surface area contributed by atoms with Gasteiger partial charge in [0.1, 0.15) is 18.7 Å². The minimum Gasteiger partial charge on any atom is -0.367 e. The Balaban J connectivity index is 1.40. The van der Waals surface area contributed by atoms with Crippen LogP contribution in [0.4, 0.5) is 5.69 Å². The molecule has 2 fully saturated rings. The fourth-order valence-electron chi connectivity index (χ4n) is 4.86. The minimum absolute atomic E-state index is 0.0158. The van der Waals surface area contributed by atoms with E-state index in [1.807, 2.05) is 67.6 Å². The molecule has 1 spiro atoms. The second-order valence-corrected chi connectivity index (χ2v) is 9.15. The van der Waals surface area contributed by atoms with Crippen LogP contribution in [0.2, 0.25) is 0 Å². The first-order valence-electron chi connectivity index (χ1n) is 12.3. The predicted molar refractivity (Wildman–Crippen MR) is 133 cm³/mol. The molecule has 8 heteroatoms. The number of carbonyl (C=O) groups is 3. The summed E-state index contributed by atoms with van der Waals surface area (Å²) in [5.41, 5.74) is 1.22. The Bertz CT molecular complexity index is 1010. The SMILES string of the molecule is CCCNC(=O)CN1CN(c2ccccc2)C2(CCN(C(=O)COCc3ccccc3)CC2)C1=O. The number of nitrogens with one attached hydrogen (secondary N) is 1. The van der Waals surface area contributed by atoms with Crippen molar-refractivity contribution in [3.63, 3.8) is 0 Å². The third kappa shape index (κ3) is 5.65. The zero-order chi connectivity index (χ0) is 24.7. The number of carbonyl (C=O) groups excluding carboxylic acids is 3. The van der Waals surface area contributed by atoms with Gasteiger partial charge in [0.15, 0.2) is 0 Å². The number of piperidine rings is 1. The summed E-state index contributed by atoms with van der Waals surface area (Å²) >= 11 is 0. The summed E-state index contributed by atoms with van der Waals surface area (Å²) in [5.74, 6) is -0.253. The Hall–Kier alpha value is -3.39. The molecular formula is C27H34N4O4. The summed E-state index contributed by atoms with van der Waals surface area (Å²) in [7, 11) is 0. The van der Waals surface area contributed by atoms with Gasteiger partial charge in [-0.3, -0.25) is 14.4 Å². The molecule has 8 nitrogen and oxygen atoms in total. The van der Waals surface area contributed by atoms with Crippen molar-refractivity contribution in [1.29, 1.82) is 0 Å². The number of rotatable bonds is 9. The van der Waals surface area contributed by atoms with Crippen LogP contribution in [0.3, 0.4) is 0 Å². The molecule has 3 amide bonds. The Morgan fingerprint density at radius 2 is 1.66 bits per heavy atom. The zero-order valence-corrected chi connectivity index (χ0v) is 20.3. The predicted octanol–water partition coefficient (Wildman–Crippen LogP) is 2.40. The van der Waals surface area contributed by atoms with Gasteiger partial charge in [-0.25, -0.2) is 0 Å². The Labute approximate surface area is 206 Å². The first-order chi connectivity index (χ1) is 17.0. The van der Waals surface area contributed by atoms with Gasteiger partial charge in [-0.05, 0) is 37.0 Å². The van der Waals surface area contributed by atoms with Gasteiger partial charge in [0.05, 0.1) is 13.3 Å². The Morgan fingerprint density at radius 1 is 1.00 bits per heavy atom. The highest BCUT2D eigenvalue weighted by molar-refractivity contribution is 5.96.